The zero-order valence-electron chi connectivity index (χ0n) is 20.2. The number of hydrazone groups is 1. The summed E-state index contributed by atoms with van der Waals surface area (Å²) in [6.07, 6.45) is 2.74. The Balaban J connectivity index is 1.29. The normalized spacial score (nSPS) is 13.8. The first kappa shape index (κ1) is 24.9. The number of anilines is 2. The van der Waals surface area contributed by atoms with Gasteiger partial charge < -0.3 is 19.1 Å². The molecule has 2 heterocycles. The molecular formula is C27H25BrFN5O3. The van der Waals surface area contributed by atoms with Crippen LogP contribution in [-0.4, -0.2) is 49.6 Å². The number of hydrogen-bond acceptors (Lipinski definition) is 8. The van der Waals surface area contributed by atoms with E-state index in [0.717, 1.165) is 32.6 Å². The second kappa shape index (κ2) is 11.5. The highest BCUT2D eigenvalue weighted by Gasteiger charge is 2.18. The molecule has 0 radical (unpaired) electrons. The van der Waals surface area contributed by atoms with Gasteiger partial charge in [0.15, 0.2) is 23.1 Å². The number of nitrogens with zero attached hydrogens (tertiary/aromatic N) is 4. The lowest BCUT2D eigenvalue weighted by Crippen LogP contribution is -2.37. The van der Waals surface area contributed by atoms with Crippen LogP contribution in [0.15, 0.2) is 70.4 Å². The van der Waals surface area contributed by atoms with Gasteiger partial charge >= 0.3 is 0 Å². The summed E-state index contributed by atoms with van der Waals surface area (Å²) in [6, 6.07) is 18.1. The molecular weight excluding hydrogens is 541 g/mol. The molecule has 1 saturated heterocycles. The topological polar surface area (TPSA) is 81.1 Å². The third kappa shape index (κ3) is 5.81. The van der Waals surface area contributed by atoms with Crippen molar-refractivity contribution in [1.82, 2.24) is 9.97 Å². The molecule has 10 heteroatoms. The Labute approximate surface area is 222 Å². The van der Waals surface area contributed by atoms with Gasteiger partial charge in [-0.3, -0.25) is 0 Å². The number of morpholine rings is 1. The summed E-state index contributed by atoms with van der Waals surface area (Å²) in [7, 11) is 1.59. The van der Waals surface area contributed by atoms with Crippen LogP contribution in [0.2, 0.25) is 0 Å². The predicted molar refractivity (Wildman–Crippen MR) is 145 cm³/mol. The highest BCUT2D eigenvalue weighted by molar-refractivity contribution is 9.10. The number of aromatic nitrogens is 2. The van der Waals surface area contributed by atoms with Crippen molar-refractivity contribution in [2.75, 3.05) is 43.7 Å². The lowest BCUT2D eigenvalue weighted by Gasteiger charge is -2.27. The molecule has 1 aliphatic heterocycles. The second-order valence-electron chi connectivity index (χ2n) is 8.30. The maximum Gasteiger partial charge on any atom is 0.245 e. The summed E-state index contributed by atoms with van der Waals surface area (Å²) < 4.78 is 32.0. The summed E-state index contributed by atoms with van der Waals surface area (Å²) >= 11 is 3.59. The van der Waals surface area contributed by atoms with E-state index in [-0.39, 0.29) is 11.8 Å². The molecule has 5 rings (SSSR count). The van der Waals surface area contributed by atoms with Gasteiger partial charge in [-0.15, -0.1) is 0 Å². The minimum atomic E-state index is -0.482. The van der Waals surface area contributed by atoms with E-state index in [1.807, 2.05) is 35.2 Å². The molecule has 0 unspecified atom stereocenters. The Morgan fingerprint density at radius 2 is 1.97 bits per heavy atom. The van der Waals surface area contributed by atoms with Crippen LogP contribution in [-0.2, 0) is 11.3 Å². The van der Waals surface area contributed by atoms with Crippen LogP contribution in [0.4, 0.5) is 16.2 Å². The van der Waals surface area contributed by atoms with Crippen LogP contribution < -0.4 is 19.8 Å². The van der Waals surface area contributed by atoms with Crippen molar-refractivity contribution in [3.05, 3.63) is 82.2 Å². The number of fused-ring (bicyclic) bond motifs is 1. The molecule has 1 aliphatic rings. The average molecular weight is 566 g/mol. The third-order valence-corrected chi connectivity index (χ3v) is 6.51. The smallest absolute Gasteiger partial charge is 0.245 e. The van der Waals surface area contributed by atoms with Crippen molar-refractivity contribution < 1.29 is 18.6 Å². The predicted octanol–water partition coefficient (Wildman–Crippen LogP) is 5.40. The largest absolute Gasteiger partial charge is 0.493 e. The lowest BCUT2D eigenvalue weighted by atomic mass is 10.1. The molecule has 4 aromatic rings. The van der Waals surface area contributed by atoms with Crippen molar-refractivity contribution >= 4 is 44.7 Å². The number of nitrogens with one attached hydrogen (secondary N) is 1. The highest BCUT2D eigenvalue weighted by atomic mass is 79.9. The van der Waals surface area contributed by atoms with E-state index in [2.05, 4.69) is 60.7 Å². The van der Waals surface area contributed by atoms with E-state index in [0.29, 0.717) is 44.4 Å². The van der Waals surface area contributed by atoms with Crippen LogP contribution in [0, 0.1) is 5.82 Å². The first-order valence-electron chi connectivity index (χ1n) is 11.7. The quantitative estimate of drug-likeness (QED) is 0.226. The summed E-state index contributed by atoms with van der Waals surface area (Å²) in [5, 5.41) is 6.53. The van der Waals surface area contributed by atoms with Gasteiger partial charge in [0.25, 0.3) is 0 Å². The number of benzene rings is 3. The highest BCUT2D eigenvalue weighted by Crippen LogP contribution is 2.37. The van der Waals surface area contributed by atoms with Gasteiger partial charge in [0.05, 0.1) is 37.2 Å². The van der Waals surface area contributed by atoms with Crippen LogP contribution in [0.1, 0.15) is 11.1 Å². The Morgan fingerprint density at radius 3 is 2.81 bits per heavy atom. The number of ether oxygens (including phenoxy) is 3. The number of halogens is 2. The van der Waals surface area contributed by atoms with Crippen molar-refractivity contribution in [3.8, 4) is 11.5 Å². The number of methoxy groups -OCH3 is 1. The van der Waals surface area contributed by atoms with E-state index in [9.17, 15) is 4.39 Å². The van der Waals surface area contributed by atoms with E-state index >= 15 is 0 Å². The minimum Gasteiger partial charge on any atom is -0.493 e. The average Bonchev–Trinajstić information content (AvgIpc) is 2.93. The van der Waals surface area contributed by atoms with E-state index < -0.39 is 5.82 Å². The lowest BCUT2D eigenvalue weighted by molar-refractivity contribution is 0.122. The van der Waals surface area contributed by atoms with E-state index in [4.69, 9.17) is 14.2 Å². The van der Waals surface area contributed by atoms with E-state index in [1.54, 1.807) is 13.3 Å². The Morgan fingerprint density at radius 1 is 1.16 bits per heavy atom. The summed E-state index contributed by atoms with van der Waals surface area (Å²) in [6.45, 7) is 2.59. The fraction of sp³-hybridized carbons (Fsp3) is 0.222. The molecule has 1 fully saturated rings. The molecule has 8 nitrogen and oxygen atoms in total. The van der Waals surface area contributed by atoms with Crippen molar-refractivity contribution in [3.63, 3.8) is 0 Å². The SMILES string of the molecule is COc1cc(C=NNc2ncc(F)c(N3CCOCC3)n2)cc(Br)c1OCc1cccc2ccccc12. The molecule has 3 aromatic carbocycles. The molecule has 0 spiro atoms. The van der Waals surface area contributed by atoms with Gasteiger partial charge in [-0.05, 0) is 50.0 Å². The first-order valence-corrected chi connectivity index (χ1v) is 12.5. The van der Waals surface area contributed by atoms with Crippen LogP contribution in [0.3, 0.4) is 0 Å². The molecule has 0 bridgehead atoms. The molecule has 190 valence electrons. The Bertz CT molecular complexity index is 1420. The molecule has 1 aromatic heterocycles. The van der Waals surface area contributed by atoms with Crippen molar-refractivity contribution in [1.29, 1.82) is 0 Å². The Hall–Kier alpha value is -3.76. The third-order valence-electron chi connectivity index (χ3n) is 5.92. The zero-order valence-corrected chi connectivity index (χ0v) is 21.7. The molecule has 1 N–H and O–H groups in total. The minimum absolute atomic E-state index is 0.195. The van der Waals surface area contributed by atoms with Gasteiger partial charge in [0.1, 0.15) is 6.61 Å². The fourth-order valence-electron chi connectivity index (χ4n) is 4.10. The standard InChI is InChI=1S/C27H25BrFN5O3/c1-35-24-14-18(15-31-33-27-30-16-23(29)26(32-27)34-9-11-36-12-10-34)13-22(28)25(24)37-17-20-7-4-6-19-5-2-3-8-21(19)20/h2-8,13-16H,9-12,17H2,1H3,(H,30,32,33). The second-order valence-corrected chi connectivity index (χ2v) is 9.15. The summed E-state index contributed by atoms with van der Waals surface area (Å²) in [4.78, 5) is 10.1. The van der Waals surface area contributed by atoms with E-state index in [1.165, 1.54) is 0 Å². The molecule has 0 atom stereocenters. The van der Waals surface area contributed by atoms with Gasteiger partial charge in [-0.25, -0.2) is 14.8 Å². The zero-order chi connectivity index (χ0) is 25.6. The van der Waals surface area contributed by atoms with Crippen LogP contribution in [0.25, 0.3) is 10.8 Å². The molecule has 0 amide bonds. The summed E-state index contributed by atoms with van der Waals surface area (Å²) in [5.74, 6) is 1.10. The maximum absolute atomic E-state index is 14.3. The first-order chi connectivity index (χ1) is 18.1. The van der Waals surface area contributed by atoms with Crippen molar-refractivity contribution in [2.24, 2.45) is 5.10 Å². The van der Waals surface area contributed by atoms with Crippen molar-refractivity contribution in [2.45, 2.75) is 6.61 Å². The van der Waals surface area contributed by atoms with Gasteiger partial charge in [0.2, 0.25) is 5.95 Å². The molecule has 0 saturated carbocycles. The number of hydrogen-bond donors (Lipinski definition) is 1. The Kier molecular flexibility index (Phi) is 7.76. The number of rotatable bonds is 8. The van der Waals surface area contributed by atoms with Crippen LogP contribution in [0.5, 0.6) is 11.5 Å². The van der Waals surface area contributed by atoms with Crippen LogP contribution >= 0.6 is 15.9 Å². The van der Waals surface area contributed by atoms with Gasteiger partial charge in [-0.2, -0.15) is 10.1 Å². The maximum atomic E-state index is 14.3. The molecule has 0 aliphatic carbocycles. The van der Waals surface area contributed by atoms with Gasteiger partial charge in [0, 0.05) is 13.1 Å². The molecule has 37 heavy (non-hydrogen) atoms. The monoisotopic (exact) mass is 565 g/mol. The van der Waals surface area contributed by atoms with Gasteiger partial charge in [-0.1, -0.05) is 42.5 Å². The summed E-state index contributed by atoms with van der Waals surface area (Å²) in [5.41, 5.74) is 4.61. The fourth-order valence-corrected chi connectivity index (χ4v) is 4.67.